The van der Waals surface area contributed by atoms with Crippen molar-refractivity contribution in [2.45, 2.75) is 12.8 Å². The smallest absolute Gasteiger partial charge is 0.236 e. The Morgan fingerprint density at radius 3 is 3.00 bits per heavy atom. The Morgan fingerprint density at radius 1 is 1.40 bits per heavy atom. The Labute approximate surface area is 121 Å². The number of para-hydroxylation sites is 1. The van der Waals surface area contributed by atoms with Crippen molar-refractivity contribution < 1.29 is 9.53 Å². The number of amides is 1. The van der Waals surface area contributed by atoms with Crippen LogP contribution in [0.1, 0.15) is 18.4 Å². The van der Waals surface area contributed by atoms with Gasteiger partial charge >= 0.3 is 0 Å². The van der Waals surface area contributed by atoms with E-state index in [1.54, 1.807) is 6.21 Å². The number of hydrogen-bond donors (Lipinski definition) is 1. The van der Waals surface area contributed by atoms with E-state index in [1.165, 1.54) is 24.6 Å². The van der Waals surface area contributed by atoms with Gasteiger partial charge < -0.3 is 10.1 Å². The Kier molecular flexibility index (Phi) is 4.01. The molecule has 1 N–H and O–H groups in total. The summed E-state index contributed by atoms with van der Waals surface area (Å²) in [5, 5.41) is 11.2. The number of hydrogen-bond acceptors (Lipinski definition) is 5. The summed E-state index contributed by atoms with van der Waals surface area (Å²) >= 11 is 1.36. The summed E-state index contributed by atoms with van der Waals surface area (Å²) in [5.74, 6) is 1.92. The van der Waals surface area contributed by atoms with Crippen LogP contribution in [-0.2, 0) is 4.79 Å². The van der Waals surface area contributed by atoms with Gasteiger partial charge in [-0.3, -0.25) is 4.79 Å². The molecule has 1 saturated carbocycles. The first-order valence-corrected chi connectivity index (χ1v) is 7.55. The summed E-state index contributed by atoms with van der Waals surface area (Å²) in [4.78, 5) is 11.0. The fourth-order valence-corrected chi connectivity index (χ4v) is 2.36. The van der Waals surface area contributed by atoms with Gasteiger partial charge in [-0.15, -0.1) is 5.10 Å². The first kappa shape index (κ1) is 13.2. The highest BCUT2D eigenvalue weighted by atomic mass is 32.2. The van der Waals surface area contributed by atoms with E-state index in [4.69, 9.17) is 4.74 Å². The average Bonchev–Trinajstić information content (AvgIpc) is 3.20. The monoisotopic (exact) mass is 289 g/mol. The largest absolute Gasteiger partial charge is 0.493 e. The number of rotatable bonds is 5. The fraction of sp³-hybridized carbons (Fsp3) is 0.357. The van der Waals surface area contributed by atoms with Crippen LogP contribution in [0.3, 0.4) is 0 Å². The Balaban J connectivity index is 1.64. The molecule has 0 spiro atoms. The van der Waals surface area contributed by atoms with Crippen molar-refractivity contribution in [2.24, 2.45) is 16.1 Å². The lowest BCUT2D eigenvalue weighted by Gasteiger charge is -2.07. The van der Waals surface area contributed by atoms with Crippen molar-refractivity contribution >= 4 is 29.1 Å². The van der Waals surface area contributed by atoms with Crippen LogP contribution < -0.4 is 10.1 Å². The lowest BCUT2D eigenvalue weighted by Crippen LogP contribution is -2.19. The van der Waals surface area contributed by atoms with Gasteiger partial charge in [-0.05, 0) is 30.9 Å². The molecular weight excluding hydrogens is 274 g/mol. The Hall–Kier alpha value is -1.82. The first-order valence-electron chi connectivity index (χ1n) is 6.57. The molecule has 0 atom stereocenters. The Morgan fingerprint density at radius 2 is 2.25 bits per heavy atom. The fourth-order valence-electron chi connectivity index (χ4n) is 1.73. The molecule has 20 heavy (non-hydrogen) atoms. The van der Waals surface area contributed by atoms with Crippen LogP contribution >= 0.6 is 11.8 Å². The molecule has 104 valence electrons. The van der Waals surface area contributed by atoms with E-state index in [9.17, 15) is 4.79 Å². The molecule has 1 aliphatic carbocycles. The van der Waals surface area contributed by atoms with Gasteiger partial charge in [0, 0.05) is 5.56 Å². The molecule has 1 aromatic carbocycles. The number of nitrogens with one attached hydrogen (secondary N) is 1. The molecule has 1 heterocycles. The molecule has 5 nitrogen and oxygen atoms in total. The molecular formula is C14H15N3O2S. The molecule has 0 unspecified atom stereocenters. The SMILES string of the molecule is O=C1CSC(=NN=Cc2ccccc2OCC2CC2)N1. The van der Waals surface area contributed by atoms with E-state index in [-0.39, 0.29) is 5.91 Å². The highest BCUT2D eigenvalue weighted by Gasteiger charge is 2.22. The van der Waals surface area contributed by atoms with E-state index < -0.39 is 0 Å². The second kappa shape index (κ2) is 6.09. The number of thioether (sulfide) groups is 1. The van der Waals surface area contributed by atoms with Gasteiger partial charge in [0.25, 0.3) is 0 Å². The van der Waals surface area contributed by atoms with E-state index in [0.29, 0.717) is 16.8 Å². The summed E-state index contributed by atoms with van der Waals surface area (Å²) in [6.07, 6.45) is 4.18. The predicted octanol–water partition coefficient (Wildman–Crippen LogP) is 2.03. The topological polar surface area (TPSA) is 63.0 Å². The van der Waals surface area contributed by atoms with Crippen LogP contribution in [0.2, 0.25) is 0 Å². The molecule has 1 aromatic rings. The molecule has 1 amide bonds. The molecule has 1 aliphatic heterocycles. The molecule has 0 radical (unpaired) electrons. The zero-order chi connectivity index (χ0) is 13.8. The first-order chi connectivity index (χ1) is 9.81. The highest BCUT2D eigenvalue weighted by molar-refractivity contribution is 8.15. The van der Waals surface area contributed by atoms with Gasteiger partial charge in [0.2, 0.25) is 5.91 Å². The van der Waals surface area contributed by atoms with Crippen molar-refractivity contribution in [3.8, 4) is 5.75 Å². The van der Waals surface area contributed by atoms with Crippen molar-refractivity contribution in [3.05, 3.63) is 29.8 Å². The van der Waals surface area contributed by atoms with Gasteiger partial charge in [-0.1, -0.05) is 23.9 Å². The molecule has 6 heteroatoms. The maximum atomic E-state index is 11.0. The lowest BCUT2D eigenvalue weighted by atomic mass is 10.2. The zero-order valence-electron chi connectivity index (χ0n) is 10.9. The summed E-state index contributed by atoms with van der Waals surface area (Å²) in [5.41, 5.74) is 0.895. The number of amidine groups is 1. The number of carbonyl (C=O) groups excluding carboxylic acids is 1. The third-order valence-corrected chi connectivity index (χ3v) is 3.89. The summed E-state index contributed by atoms with van der Waals surface area (Å²) in [6.45, 7) is 0.769. The van der Waals surface area contributed by atoms with Crippen molar-refractivity contribution in [1.29, 1.82) is 0 Å². The second-order valence-electron chi connectivity index (χ2n) is 4.78. The third kappa shape index (κ3) is 3.60. The quantitative estimate of drug-likeness (QED) is 0.666. The second-order valence-corrected chi connectivity index (χ2v) is 5.74. The van der Waals surface area contributed by atoms with E-state index in [1.807, 2.05) is 24.3 Å². The van der Waals surface area contributed by atoms with Crippen LogP contribution in [0.15, 0.2) is 34.5 Å². The number of ether oxygens (including phenoxy) is 1. The van der Waals surface area contributed by atoms with Crippen LogP contribution in [0.4, 0.5) is 0 Å². The van der Waals surface area contributed by atoms with Gasteiger partial charge in [0.05, 0.1) is 18.6 Å². The third-order valence-electron chi connectivity index (χ3n) is 3.02. The maximum Gasteiger partial charge on any atom is 0.236 e. The van der Waals surface area contributed by atoms with Gasteiger partial charge in [-0.25, -0.2) is 0 Å². The van der Waals surface area contributed by atoms with Crippen LogP contribution in [0.25, 0.3) is 0 Å². The van der Waals surface area contributed by atoms with Crippen molar-refractivity contribution in [1.82, 2.24) is 5.32 Å². The highest BCUT2D eigenvalue weighted by Crippen LogP contribution is 2.30. The van der Waals surface area contributed by atoms with Crippen molar-refractivity contribution in [3.63, 3.8) is 0 Å². The Bertz CT molecular complexity index is 567. The van der Waals surface area contributed by atoms with Crippen LogP contribution in [0, 0.1) is 5.92 Å². The molecule has 0 aromatic heterocycles. The molecule has 1 saturated heterocycles. The average molecular weight is 289 g/mol. The number of benzene rings is 1. The lowest BCUT2D eigenvalue weighted by molar-refractivity contribution is -0.116. The normalized spacial score (nSPS) is 20.6. The molecule has 0 bridgehead atoms. The summed E-state index contributed by atoms with van der Waals surface area (Å²) < 4.78 is 5.79. The minimum absolute atomic E-state index is 0.0304. The maximum absolute atomic E-state index is 11.0. The van der Waals surface area contributed by atoms with Crippen molar-refractivity contribution in [2.75, 3.05) is 12.4 Å². The molecule has 2 fully saturated rings. The van der Waals surface area contributed by atoms with E-state index in [2.05, 4.69) is 15.5 Å². The number of carbonyl (C=O) groups is 1. The predicted molar refractivity (Wildman–Crippen MR) is 80.3 cm³/mol. The summed E-state index contributed by atoms with van der Waals surface area (Å²) in [6, 6.07) is 7.75. The number of nitrogens with zero attached hydrogens (tertiary/aromatic N) is 2. The van der Waals surface area contributed by atoms with Crippen LogP contribution in [0.5, 0.6) is 5.75 Å². The molecule has 2 aliphatic rings. The van der Waals surface area contributed by atoms with Gasteiger partial charge in [0.15, 0.2) is 5.17 Å². The minimum Gasteiger partial charge on any atom is -0.493 e. The van der Waals surface area contributed by atoms with E-state index in [0.717, 1.165) is 17.9 Å². The minimum atomic E-state index is -0.0304. The summed E-state index contributed by atoms with van der Waals surface area (Å²) in [7, 11) is 0. The van der Waals surface area contributed by atoms with Gasteiger partial charge in [-0.2, -0.15) is 5.10 Å². The zero-order valence-corrected chi connectivity index (χ0v) is 11.7. The van der Waals surface area contributed by atoms with Gasteiger partial charge in [0.1, 0.15) is 5.75 Å². The van der Waals surface area contributed by atoms with Crippen LogP contribution in [-0.4, -0.2) is 29.6 Å². The molecule has 3 rings (SSSR count). The van der Waals surface area contributed by atoms with E-state index >= 15 is 0 Å². The standard InChI is InChI=1S/C14H15N3O2S/c18-13-9-20-14(16-13)17-15-7-11-3-1-2-4-12(11)19-8-10-5-6-10/h1-4,7,10H,5-6,8-9H2,(H,16,17,18).